The Morgan fingerprint density at radius 1 is 1.37 bits per heavy atom. The monoisotopic (exact) mass is 261 g/mol. The Morgan fingerprint density at radius 3 is 2.79 bits per heavy atom. The van der Waals surface area contributed by atoms with Gasteiger partial charge >= 0.3 is 6.09 Å². The summed E-state index contributed by atoms with van der Waals surface area (Å²) in [5, 5.41) is 0. The molecule has 1 aliphatic heterocycles. The van der Waals surface area contributed by atoms with E-state index in [-0.39, 0.29) is 31.4 Å². The molecular formula is C14H15NO4. The van der Waals surface area contributed by atoms with Gasteiger partial charge in [-0.15, -0.1) is 0 Å². The predicted molar refractivity (Wildman–Crippen MR) is 67.4 cm³/mol. The number of aldehydes is 1. The van der Waals surface area contributed by atoms with Crippen molar-refractivity contribution in [1.29, 1.82) is 0 Å². The number of hydrogen-bond donors (Lipinski definition) is 0. The number of cyclic esters (lactones) is 1. The molecule has 100 valence electrons. The van der Waals surface area contributed by atoms with Crippen LogP contribution in [0.25, 0.3) is 0 Å². The molecule has 19 heavy (non-hydrogen) atoms. The second-order valence-corrected chi connectivity index (χ2v) is 4.39. The van der Waals surface area contributed by atoms with Crippen molar-refractivity contribution in [3.8, 4) is 0 Å². The van der Waals surface area contributed by atoms with Gasteiger partial charge in [-0.2, -0.15) is 0 Å². The van der Waals surface area contributed by atoms with E-state index in [0.717, 1.165) is 10.5 Å². The van der Waals surface area contributed by atoms with Crippen molar-refractivity contribution in [2.24, 2.45) is 0 Å². The first-order chi connectivity index (χ1) is 9.22. The molecule has 1 fully saturated rings. The highest BCUT2D eigenvalue weighted by molar-refractivity contribution is 5.94. The summed E-state index contributed by atoms with van der Waals surface area (Å²) in [6, 6.07) is 9.33. The average molecular weight is 261 g/mol. The average Bonchev–Trinajstić information content (AvgIpc) is 2.78. The first kappa shape index (κ1) is 13.3. The largest absolute Gasteiger partial charge is 0.447 e. The van der Waals surface area contributed by atoms with Crippen LogP contribution in [0.1, 0.15) is 18.4 Å². The van der Waals surface area contributed by atoms with Gasteiger partial charge in [0.05, 0.1) is 6.04 Å². The standard InChI is InChI=1S/C14H15NO4/c16-8-4-7-13(17)15-12(10-19-14(15)18)9-11-5-2-1-3-6-11/h1-3,5-6,8,12H,4,7,9-10H2/t12-/m1/s1. The first-order valence-corrected chi connectivity index (χ1v) is 6.18. The lowest BCUT2D eigenvalue weighted by Gasteiger charge is -2.19. The second-order valence-electron chi connectivity index (χ2n) is 4.39. The number of carbonyl (C=O) groups is 3. The maximum atomic E-state index is 11.9. The Hall–Kier alpha value is -2.17. The van der Waals surface area contributed by atoms with Gasteiger partial charge in [0.2, 0.25) is 5.91 Å². The van der Waals surface area contributed by atoms with Crippen molar-refractivity contribution in [2.75, 3.05) is 6.61 Å². The highest BCUT2D eigenvalue weighted by Gasteiger charge is 2.37. The van der Waals surface area contributed by atoms with E-state index in [1.165, 1.54) is 0 Å². The molecule has 0 bridgehead atoms. The van der Waals surface area contributed by atoms with Crippen LogP contribution in [0.2, 0.25) is 0 Å². The van der Waals surface area contributed by atoms with E-state index >= 15 is 0 Å². The van der Waals surface area contributed by atoms with Gasteiger partial charge in [-0.05, 0) is 12.0 Å². The second kappa shape index (κ2) is 6.13. The van der Waals surface area contributed by atoms with Crippen molar-refractivity contribution >= 4 is 18.3 Å². The van der Waals surface area contributed by atoms with Crippen LogP contribution >= 0.6 is 0 Å². The first-order valence-electron chi connectivity index (χ1n) is 6.18. The molecule has 2 rings (SSSR count). The lowest BCUT2D eigenvalue weighted by atomic mass is 10.1. The van der Waals surface area contributed by atoms with Gasteiger partial charge in [0.1, 0.15) is 12.9 Å². The van der Waals surface area contributed by atoms with Crippen LogP contribution in [0.3, 0.4) is 0 Å². The Morgan fingerprint density at radius 2 is 2.11 bits per heavy atom. The molecule has 0 N–H and O–H groups in total. The lowest BCUT2D eigenvalue weighted by molar-refractivity contribution is -0.130. The lowest BCUT2D eigenvalue weighted by Crippen LogP contribution is -2.40. The van der Waals surface area contributed by atoms with Gasteiger partial charge < -0.3 is 9.53 Å². The van der Waals surface area contributed by atoms with Gasteiger partial charge in [0, 0.05) is 12.8 Å². The predicted octanol–water partition coefficient (Wildman–Crippen LogP) is 1.56. The van der Waals surface area contributed by atoms with Gasteiger partial charge in [-0.25, -0.2) is 9.69 Å². The summed E-state index contributed by atoms with van der Waals surface area (Å²) in [6.07, 6.45) is 0.798. The van der Waals surface area contributed by atoms with E-state index in [1.807, 2.05) is 30.3 Å². The molecule has 2 amide bonds. The fourth-order valence-electron chi connectivity index (χ4n) is 2.11. The zero-order valence-electron chi connectivity index (χ0n) is 10.5. The van der Waals surface area contributed by atoms with Gasteiger partial charge in [-0.3, -0.25) is 4.79 Å². The highest BCUT2D eigenvalue weighted by Crippen LogP contribution is 2.18. The number of carbonyl (C=O) groups excluding carboxylic acids is 3. The molecule has 1 saturated heterocycles. The van der Waals surface area contributed by atoms with E-state index in [2.05, 4.69) is 0 Å². The van der Waals surface area contributed by atoms with Crippen molar-refractivity contribution in [3.63, 3.8) is 0 Å². The van der Waals surface area contributed by atoms with Crippen LogP contribution in [0.15, 0.2) is 30.3 Å². The van der Waals surface area contributed by atoms with Crippen LogP contribution in [0.5, 0.6) is 0 Å². The minimum atomic E-state index is -0.614. The normalized spacial score (nSPS) is 18.2. The third kappa shape index (κ3) is 3.19. The van der Waals surface area contributed by atoms with Crippen molar-refractivity contribution in [2.45, 2.75) is 25.3 Å². The fraction of sp³-hybridized carbons (Fsp3) is 0.357. The summed E-state index contributed by atoms with van der Waals surface area (Å²) in [5.41, 5.74) is 1.04. The highest BCUT2D eigenvalue weighted by atomic mass is 16.6. The topological polar surface area (TPSA) is 63.7 Å². The Bertz CT molecular complexity index is 472. The van der Waals surface area contributed by atoms with Crippen molar-refractivity contribution in [3.05, 3.63) is 35.9 Å². The molecule has 0 spiro atoms. The minimum Gasteiger partial charge on any atom is -0.447 e. The van der Waals surface area contributed by atoms with Crippen molar-refractivity contribution < 1.29 is 19.1 Å². The SMILES string of the molecule is O=CCCC(=O)N1C(=O)OC[C@H]1Cc1ccccc1. The molecule has 1 aromatic carbocycles. The van der Waals surface area contributed by atoms with E-state index in [0.29, 0.717) is 12.7 Å². The smallest absolute Gasteiger partial charge is 0.416 e. The summed E-state index contributed by atoms with van der Waals surface area (Å²) >= 11 is 0. The number of rotatable bonds is 5. The number of amides is 2. The Labute approximate surface area is 111 Å². The third-order valence-corrected chi connectivity index (χ3v) is 3.02. The van der Waals surface area contributed by atoms with Crippen LogP contribution in [0, 0.1) is 0 Å². The molecule has 5 heteroatoms. The molecule has 0 aliphatic carbocycles. The molecule has 0 saturated carbocycles. The molecule has 1 aromatic rings. The Balaban J connectivity index is 2.05. The minimum absolute atomic E-state index is 0.0455. The molecule has 1 aliphatic rings. The quantitative estimate of drug-likeness (QED) is 0.754. The summed E-state index contributed by atoms with van der Waals surface area (Å²) in [6.45, 7) is 0.209. The van der Waals surface area contributed by atoms with E-state index in [1.54, 1.807) is 0 Å². The molecule has 0 unspecified atom stereocenters. The van der Waals surface area contributed by atoms with Crippen LogP contribution in [-0.2, 0) is 20.7 Å². The molecule has 5 nitrogen and oxygen atoms in total. The number of imide groups is 1. The van der Waals surface area contributed by atoms with Crippen LogP contribution < -0.4 is 0 Å². The molecule has 1 atom stereocenters. The van der Waals surface area contributed by atoms with E-state index in [9.17, 15) is 14.4 Å². The summed E-state index contributed by atoms with van der Waals surface area (Å²) < 4.78 is 4.93. The van der Waals surface area contributed by atoms with Gasteiger partial charge in [0.15, 0.2) is 0 Å². The molecule has 0 aromatic heterocycles. The van der Waals surface area contributed by atoms with E-state index < -0.39 is 6.09 Å². The number of benzene rings is 1. The van der Waals surface area contributed by atoms with Gasteiger partial charge in [-0.1, -0.05) is 30.3 Å². The molecular weight excluding hydrogens is 246 g/mol. The summed E-state index contributed by atoms with van der Waals surface area (Å²) in [4.78, 5) is 34.9. The van der Waals surface area contributed by atoms with E-state index in [4.69, 9.17) is 4.74 Å². The van der Waals surface area contributed by atoms with Gasteiger partial charge in [0.25, 0.3) is 0 Å². The zero-order chi connectivity index (χ0) is 13.7. The Kier molecular flexibility index (Phi) is 4.28. The number of ether oxygens (including phenoxy) is 1. The maximum Gasteiger partial charge on any atom is 0.416 e. The fourth-order valence-corrected chi connectivity index (χ4v) is 2.11. The summed E-state index contributed by atoms with van der Waals surface area (Å²) in [5.74, 6) is -0.351. The third-order valence-electron chi connectivity index (χ3n) is 3.02. The zero-order valence-corrected chi connectivity index (χ0v) is 10.5. The summed E-state index contributed by atoms with van der Waals surface area (Å²) in [7, 11) is 0. The number of nitrogens with zero attached hydrogens (tertiary/aromatic N) is 1. The molecule has 0 radical (unpaired) electrons. The molecule has 1 heterocycles. The maximum absolute atomic E-state index is 11.9. The van der Waals surface area contributed by atoms with Crippen molar-refractivity contribution in [1.82, 2.24) is 4.90 Å². The van der Waals surface area contributed by atoms with Crippen LogP contribution in [-0.4, -0.2) is 35.8 Å². The number of hydrogen-bond acceptors (Lipinski definition) is 4. The van der Waals surface area contributed by atoms with Crippen LogP contribution in [0.4, 0.5) is 4.79 Å².